The highest BCUT2D eigenvalue weighted by Crippen LogP contribution is 2.14. The van der Waals surface area contributed by atoms with E-state index in [1.807, 2.05) is 11.9 Å². The first-order valence-electron chi connectivity index (χ1n) is 5.64. The van der Waals surface area contributed by atoms with Gasteiger partial charge in [0.1, 0.15) is 6.33 Å². The molecule has 2 aromatic rings. The minimum absolute atomic E-state index is 0.197. The fourth-order valence-electron chi connectivity index (χ4n) is 1.68. The first-order valence-corrected chi connectivity index (χ1v) is 5.64. The fourth-order valence-corrected chi connectivity index (χ4v) is 1.68. The molecule has 2 rings (SSSR count). The number of rotatable bonds is 5. The number of carbonyl (C=O) groups excluding carboxylic acids is 1. The predicted molar refractivity (Wildman–Crippen MR) is 65.3 cm³/mol. The first-order chi connectivity index (χ1) is 8.72. The zero-order chi connectivity index (χ0) is 13.0. The largest absolute Gasteiger partial charge is 0.469 e. The van der Waals surface area contributed by atoms with Crippen molar-refractivity contribution < 1.29 is 9.53 Å². The highest BCUT2D eigenvalue weighted by Gasteiger charge is 2.10. The van der Waals surface area contributed by atoms with Crippen molar-refractivity contribution in [2.24, 2.45) is 0 Å². The highest BCUT2D eigenvalue weighted by molar-refractivity contribution is 5.69. The number of ether oxygens (including phenoxy) is 1. The Balaban J connectivity index is 2.02. The van der Waals surface area contributed by atoms with Crippen molar-refractivity contribution in [3.05, 3.63) is 18.7 Å². The number of methoxy groups -OCH3 is 1. The molecule has 0 aromatic carbocycles. The molecule has 0 saturated carbocycles. The van der Waals surface area contributed by atoms with Gasteiger partial charge in [-0.05, 0) is 6.42 Å². The zero-order valence-electron chi connectivity index (χ0n) is 10.4. The molecule has 0 aliphatic rings. The summed E-state index contributed by atoms with van der Waals surface area (Å²) in [7, 11) is 3.30. The lowest BCUT2D eigenvalue weighted by molar-refractivity contribution is -0.140. The third-order valence-electron chi connectivity index (χ3n) is 2.66. The van der Waals surface area contributed by atoms with Gasteiger partial charge in [0.05, 0.1) is 7.11 Å². The number of hydrogen-bond acceptors (Lipinski definition) is 6. The Morgan fingerprint density at radius 3 is 3.17 bits per heavy atom. The molecular formula is C11H15N5O2. The van der Waals surface area contributed by atoms with E-state index in [1.165, 1.54) is 7.11 Å². The van der Waals surface area contributed by atoms with E-state index in [2.05, 4.69) is 19.9 Å². The smallest absolute Gasteiger partial charge is 0.305 e. The van der Waals surface area contributed by atoms with Crippen molar-refractivity contribution in [1.82, 2.24) is 19.6 Å². The van der Waals surface area contributed by atoms with Crippen molar-refractivity contribution in [3.63, 3.8) is 0 Å². The molecule has 7 nitrogen and oxygen atoms in total. The van der Waals surface area contributed by atoms with Crippen LogP contribution >= 0.6 is 0 Å². The summed E-state index contributed by atoms with van der Waals surface area (Å²) >= 11 is 0. The van der Waals surface area contributed by atoms with E-state index < -0.39 is 0 Å². The van der Waals surface area contributed by atoms with E-state index in [0.717, 1.165) is 5.82 Å². The SMILES string of the molecule is COC(=O)CCCN(C)c1nccn2cnnc12. The molecule has 0 aliphatic heterocycles. The molecule has 0 amide bonds. The molecule has 18 heavy (non-hydrogen) atoms. The van der Waals surface area contributed by atoms with E-state index >= 15 is 0 Å². The van der Waals surface area contributed by atoms with Crippen molar-refractivity contribution >= 4 is 17.4 Å². The normalized spacial score (nSPS) is 10.6. The number of hydrogen-bond donors (Lipinski definition) is 0. The highest BCUT2D eigenvalue weighted by atomic mass is 16.5. The number of carbonyl (C=O) groups is 1. The van der Waals surface area contributed by atoms with Gasteiger partial charge in [0, 0.05) is 32.4 Å². The Morgan fingerprint density at radius 1 is 1.56 bits per heavy atom. The van der Waals surface area contributed by atoms with Crippen LogP contribution in [0.3, 0.4) is 0 Å². The monoisotopic (exact) mass is 249 g/mol. The average molecular weight is 249 g/mol. The van der Waals surface area contributed by atoms with Crippen molar-refractivity contribution in [2.75, 3.05) is 25.6 Å². The van der Waals surface area contributed by atoms with Crippen molar-refractivity contribution in [1.29, 1.82) is 0 Å². The van der Waals surface area contributed by atoms with Crippen LogP contribution in [-0.2, 0) is 9.53 Å². The van der Waals surface area contributed by atoms with E-state index in [-0.39, 0.29) is 5.97 Å². The molecule has 96 valence electrons. The quantitative estimate of drug-likeness (QED) is 0.719. The van der Waals surface area contributed by atoms with Gasteiger partial charge in [0.15, 0.2) is 5.82 Å². The van der Waals surface area contributed by atoms with Crippen LogP contribution in [-0.4, -0.2) is 46.3 Å². The number of fused-ring (bicyclic) bond motifs is 1. The summed E-state index contributed by atoms with van der Waals surface area (Å²) in [6.45, 7) is 0.703. The van der Waals surface area contributed by atoms with Crippen LogP contribution < -0.4 is 4.90 Å². The van der Waals surface area contributed by atoms with Crippen LogP contribution in [0.15, 0.2) is 18.7 Å². The van der Waals surface area contributed by atoms with E-state index in [9.17, 15) is 4.79 Å². The summed E-state index contributed by atoms with van der Waals surface area (Å²) in [6, 6.07) is 0. The van der Waals surface area contributed by atoms with Gasteiger partial charge in [-0.25, -0.2) is 4.98 Å². The summed E-state index contributed by atoms with van der Waals surface area (Å²) in [5.41, 5.74) is 0.707. The Hall–Kier alpha value is -2.18. The van der Waals surface area contributed by atoms with Crippen LogP contribution in [0.5, 0.6) is 0 Å². The van der Waals surface area contributed by atoms with Crippen molar-refractivity contribution in [3.8, 4) is 0 Å². The lowest BCUT2D eigenvalue weighted by atomic mass is 10.3. The molecule has 0 spiro atoms. The lowest BCUT2D eigenvalue weighted by Crippen LogP contribution is -2.21. The Bertz CT molecular complexity index is 539. The number of nitrogens with zero attached hydrogens (tertiary/aromatic N) is 5. The molecule has 0 unspecified atom stereocenters. The van der Waals surface area contributed by atoms with Gasteiger partial charge in [-0.3, -0.25) is 9.20 Å². The van der Waals surface area contributed by atoms with Gasteiger partial charge in [-0.2, -0.15) is 0 Å². The summed E-state index contributed by atoms with van der Waals surface area (Å²) in [6.07, 6.45) is 6.23. The third kappa shape index (κ3) is 2.55. The summed E-state index contributed by atoms with van der Waals surface area (Å²) in [4.78, 5) is 17.3. The Labute approximate surface area is 104 Å². The van der Waals surface area contributed by atoms with Gasteiger partial charge < -0.3 is 9.64 Å². The second-order valence-electron chi connectivity index (χ2n) is 3.91. The molecule has 0 atom stereocenters. The second kappa shape index (κ2) is 5.44. The van der Waals surface area contributed by atoms with E-state index in [0.29, 0.717) is 25.0 Å². The van der Waals surface area contributed by atoms with Crippen LogP contribution in [0.4, 0.5) is 5.82 Å². The molecule has 7 heteroatoms. The minimum Gasteiger partial charge on any atom is -0.469 e. The number of aromatic nitrogens is 4. The molecule has 0 saturated heterocycles. The lowest BCUT2D eigenvalue weighted by Gasteiger charge is -2.17. The topological polar surface area (TPSA) is 72.6 Å². The molecule has 0 bridgehead atoms. The standard InChI is InChI=1S/C11H15N5O2/c1-15(6-3-4-9(17)18-2)10-11-14-13-8-16(11)7-5-12-10/h5,7-8H,3-4,6H2,1-2H3. The summed E-state index contributed by atoms with van der Waals surface area (Å²) in [5.74, 6) is 0.553. The van der Waals surface area contributed by atoms with Gasteiger partial charge in [-0.15, -0.1) is 10.2 Å². The predicted octanol–water partition coefficient (Wildman–Crippen LogP) is 0.514. The maximum atomic E-state index is 11.0. The maximum absolute atomic E-state index is 11.0. The molecule has 2 heterocycles. The molecule has 0 radical (unpaired) electrons. The Kier molecular flexibility index (Phi) is 3.71. The van der Waals surface area contributed by atoms with Gasteiger partial charge in [-0.1, -0.05) is 0 Å². The summed E-state index contributed by atoms with van der Waals surface area (Å²) in [5, 5.41) is 7.85. The fraction of sp³-hybridized carbons (Fsp3) is 0.455. The molecule has 2 aromatic heterocycles. The first kappa shape index (κ1) is 12.3. The van der Waals surface area contributed by atoms with Gasteiger partial charge >= 0.3 is 5.97 Å². The Morgan fingerprint density at radius 2 is 2.39 bits per heavy atom. The van der Waals surface area contributed by atoms with Gasteiger partial charge in [0.2, 0.25) is 5.65 Å². The molecule has 0 aliphatic carbocycles. The maximum Gasteiger partial charge on any atom is 0.305 e. The van der Waals surface area contributed by atoms with Crippen LogP contribution in [0, 0.1) is 0 Å². The summed E-state index contributed by atoms with van der Waals surface area (Å²) < 4.78 is 6.40. The van der Waals surface area contributed by atoms with Crippen LogP contribution in [0.2, 0.25) is 0 Å². The van der Waals surface area contributed by atoms with E-state index in [1.54, 1.807) is 23.1 Å². The van der Waals surface area contributed by atoms with Gasteiger partial charge in [0.25, 0.3) is 0 Å². The molecule has 0 fully saturated rings. The number of anilines is 1. The second-order valence-corrected chi connectivity index (χ2v) is 3.91. The third-order valence-corrected chi connectivity index (χ3v) is 2.66. The van der Waals surface area contributed by atoms with Crippen LogP contribution in [0.1, 0.15) is 12.8 Å². The zero-order valence-corrected chi connectivity index (χ0v) is 10.4. The molecule has 0 N–H and O–H groups in total. The average Bonchev–Trinajstić information content (AvgIpc) is 2.86. The van der Waals surface area contributed by atoms with Crippen LogP contribution in [0.25, 0.3) is 5.65 Å². The number of esters is 1. The molecular weight excluding hydrogens is 234 g/mol. The minimum atomic E-state index is -0.197. The van der Waals surface area contributed by atoms with E-state index in [4.69, 9.17) is 0 Å². The van der Waals surface area contributed by atoms with Crippen molar-refractivity contribution in [2.45, 2.75) is 12.8 Å².